The summed E-state index contributed by atoms with van der Waals surface area (Å²) >= 11 is 0. The van der Waals surface area contributed by atoms with E-state index in [-0.39, 0.29) is 11.8 Å². The summed E-state index contributed by atoms with van der Waals surface area (Å²) < 4.78 is 0. The normalized spacial score (nSPS) is 13.6. The van der Waals surface area contributed by atoms with Gasteiger partial charge < -0.3 is 16.0 Å². The van der Waals surface area contributed by atoms with E-state index in [0.29, 0.717) is 36.8 Å². The maximum Gasteiger partial charge on any atom is 0.251 e. The first kappa shape index (κ1) is 15.3. The van der Waals surface area contributed by atoms with Gasteiger partial charge in [-0.25, -0.2) is 4.98 Å². The van der Waals surface area contributed by atoms with Crippen LogP contribution in [-0.2, 0) is 4.79 Å². The second kappa shape index (κ2) is 7.06. The molecule has 0 atom stereocenters. The zero-order valence-corrected chi connectivity index (χ0v) is 12.5. The van der Waals surface area contributed by atoms with Crippen LogP contribution >= 0.6 is 0 Å². The molecule has 0 bridgehead atoms. The number of anilines is 1. The minimum Gasteiger partial charge on any atom is -0.373 e. The Hall–Kier alpha value is -2.11. The number of rotatable bonds is 7. The smallest absolute Gasteiger partial charge is 0.251 e. The van der Waals surface area contributed by atoms with Gasteiger partial charge in [0.25, 0.3) is 5.91 Å². The van der Waals surface area contributed by atoms with Crippen molar-refractivity contribution in [3.8, 4) is 0 Å². The molecule has 6 nitrogen and oxygen atoms in total. The van der Waals surface area contributed by atoms with Crippen LogP contribution in [0.4, 0.5) is 5.82 Å². The van der Waals surface area contributed by atoms with Crippen molar-refractivity contribution in [1.82, 2.24) is 15.6 Å². The van der Waals surface area contributed by atoms with Crippen molar-refractivity contribution in [2.24, 2.45) is 0 Å². The summed E-state index contributed by atoms with van der Waals surface area (Å²) in [6, 6.07) is 3.85. The standard InChI is InChI=1S/C15H22N4O2/c1-10-8-11(9-13(16-2)18-10)15(21)17-7-3-4-14(20)19-12-5-6-12/h8-9,12H,3-7H2,1-2H3,(H,16,18)(H,17,21)(H,19,20). The number of hydrogen-bond donors (Lipinski definition) is 3. The quantitative estimate of drug-likeness (QED) is 0.659. The molecule has 1 aliphatic carbocycles. The van der Waals surface area contributed by atoms with Crippen LogP contribution in [0.3, 0.4) is 0 Å². The van der Waals surface area contributed by atoms with Crippen LogP contribution in [-0.4, -0.2) is 36.4 Å². The summed E-state index contributed by atoms with van der Waals surface area (Å²) in [5.74, 6) is 0.604. The number of hydrogen-bond acceptors (Lipinski definition) is 4. The number of aromatic nitrogens is 1. The lowest BCUT2D eigenvalue weighted by molar-refractivity contribution is -0.121. The Labute approximate surface area is 124 Å². The van der Waals surface area contributed by atoms with E-state index >= 15 is 0 Å². The molecule has 1 saturated carbocycles. The van der Waals surface area contributed by atoms with Gasteiger partial charge >= 0.3 is 0 Å². The summed E-state index contributed by atoms with van der Waals surface area (Å²) in [7, 11) is 1.77. The van der Waals surface area contributed by atoms with Crippen LogP contribution in [0.5, 0.6) is 0 Å². The van der Waals surface area contributed by atoms with Gasteiger partial charge in [-0.05, 0) is 38.3 Å². The van der Waals surface area contributed by atoms with Gasteiger partial charge in [0.05, 0.1) is 0 Å². The summed E-state index contributed by atoms with van der Waals surface area (Å²) in [5, 5.41) is 8.68. The van der Waals surface area contributed by atoms with E-state index in [1.807, 2.05) is 6.92 Å². The topological polar surface area (TPSA) is 83.1 Å². The monoisotopic (exact) mass is 290 g/mol. The molecule has 2 amide bonds. The second-order valence-corrected chi connectivity index (χ2v) is 5.33. The molecule has 0 unspecified atom stereocenters. The van der Waals surface area contributed by atoms with Gasteiger partial charge in [0, 0.05) is 37.3 Å². The second-order valence-electron chi connectivity index (χ2n) is 5.33. The summed E-state index contributed by atoms with van der Waals surface area (Å²) in [5.41, 5.74) is 1.37. The van der Waals surface area contributed by atoms with E-state index in [4.69, 9.17) is 0 Å². The minimum absolute atomic E-state index is 0.0731. The molecule has 0 aromatic carbocycles. The summed E-state index contributed by atoms with van der Waals surface area (Å²) in [4.78, 5) is 27.8. The molecule has 0 saturated heterocycles. The van der Waals surface area contributed by atoms with Crippen molar-refractivity contribution in [3.63, 3.8) is 0 Å². The SMILES string of the molecule is CNc1cc(C(=O)NCCCC(=O)NC2CC2)cc(C)n1. The molecule has 0 aliphatic heterocycles. The van der Waals surface area contributed by atoms with E-state index in [2.05, 4.69) is 20.9 Å². The van der Waals surface area contributed by atoms with Gasteiger partial charge in [0.2, 0.25) is 5.91 Å². The Kier molecular flexibility index (Phi) is 5.14. The Morgan fingerprint density at radius 2 is 2.10 bits per heavy atom. The highest BCUT2D eigenvalue weighted by Gasteiger charge is 2.22. The molecule has 21 heavy (non-hydrogen) atoms. The summed E-state index contributed by atoms with van der Waals surface area (Å²) in [6.45, 7) is 2.34. The first-order valence-electron chi connectivity index (χ1n) is 7.32. The molecular weight excluding hydrogens is 268 g/mol. The van der Waals surface area contributed by atoms with Crippen LogP contribution in [0.1, 0.15) is 41.7 Å². The number of pyridine rings is 1. The lowest BCUT2D eigenvalue weighted by atomic mass is 10.2. The third-order valence-corrected chi connectivity index (χ3v) is 3.28. The average molecular weight is 290 g/mol. The van der Waals surface area contributed by atoms with Gasteiger partial charge in [-0.3, -0.25) is 9.59 Å². The average Bonchev–Trinajstić information content (AvgIpc) is 3.26. The van der Waals surface area contributed by atoms with E-state index in [1.165, 1.54) is 0 Å². The maximum atomic E-state index is 12.0. The van der Waals surface area contributed by atoms with Crippen LogP contribution in [0.25, 0.3) is 0 Å². The highest BCUT2D eigenvalue weighted by Crippen LogP contribution is 2.18. The molecule has 2 rings (SSSR count). The fourth-order valence-corrected chi connectivity index (χ4v) is 2.01. The van der Waals surface area contributed by atoms with E-state index < -0.39 is 0 Å². The highest BCUT2D eigenvalue weighted by molar-refractivity contribution is 5.95. The Balaban J connectivity index is 1.73. The van der Waals surface area contributed by atoms with Crippen molar-refractivity contribution in [2.75, 3.05) is 18.9 Å². The van der Waals surface area contributed by atoms with Crippen LogP contribution in [0.2, 0.25) is 0 Å². The predicted octanol–water partition coefficient (Wildman–Crippen LogP) is 1.22. The Morgan fingerprint density at radius 1 is 1.33 bits per heavy atom. The van der Waals surface area contributed by atoms with Crippen molar-refractivity contribution >= 4 is 17.6 Å². The van der Waals surface area contributed by atoms with Crippen molar-refractivity contribution < 1.29 is 9.59 Å². The zero-order chi connectivity index (χ0) is 15.2. The molecule has 114 valence electrons. The van der Waals surface area contributed by atoms with Crippen LogP contribution in [0, 0.1) is 6.92 Å². The molecule has 1 heterocycles. The number of amides is 2. The molecule has 0 spiro atoms. The fourth-order valence-electron chi connectivity index (χ4n) is 2.01. The Bertz CT molecular complexity index is 526. The van der Waals surface area contributed by atoms with Crippen molar-refractivity contribution in [1.29, 1.82) is 0 Å². The molecule has 1 aromatic heterocycles. The number of aryl methyl sites for hydroxylation is 1. The molecule has 3 N–H and O–H groups in total. The number of nitrogens with one attached hydrogen (secondary N) is 3. The van der Waals surface area contributed by atoms with E-state index in [0.717, 1.165) is 18.5 Å². The third kappa shape index (κ3) is 5.06. The molecule has 1 aromatic rings. The molecule has 1 fully saturated rings. The van der Waals surface area contributed by atoms with Crippen LogP contribution in [0.15, 0.2) is 12.1 Å². The van der Waals surface area contributed by atoms with Gasteiger partial charge in [-0.1, -0.05) is 0 Å². The first-order valence-corrected chi connectivity index (χ1v) is 7.32. The fraction of sp³-hybridized carbons (Fsp3) is 0.533. The maximum absolute atomic E-state index is 12.0. The lowest BCUT2D eigenvalue weighted by Crippen LogP contribution is -2.28. The van der Waals surface area contributed by atoms with Gasteiger partial charge in [-0.2, -0.15) is 0 Å². The summed E-state index contributed by atoms with van der Waals surface area (Å²) in [6.07, 6.45) is 3.29. The number of carbonyl (C=O) groups is 2. The Morgan fingerprint density at radius 3 is 2.76 bits per heavy atom. The highest BCUT2D eigenvalue weighted by atomic mass is 16.2. The number of carbonyl (C=O) groups excluding carboxylic acids is 2. The van der Waals surface area contributed by atoms with E-state index in [9.17, 15) is 9.59 Å². The molecule has 0 radical (unpaired) electrons. The third-order valence-electron chi connectivity index (χ3n) is 3.28. The van der Waals surface area contributed by atoms with Crippen molar-refractivity contribution in [2.45, 2.75) is 38.6 Å². The van der Waals surface area contributed by atoms with Gasteiger partial charge in [0.1, 0.15) is 5.82 Å². The zero-order valence-electron chi connectivity index (χ0n) is 12.5. The largest absolute Gasteiger partial charge is 0.373 e. The van der Waals surface area contributed by atoms with Crippen LogP contribution < -0.4 is 16.0 Å². The first-order chi connectivity index (χ1) is 10.1. The molecule has 6 heteroatoms. The molecule has 1 aliphatic rings. The number of nitrogens with zero attached hydrogens (tertiary/aromatic N) is 1. The minimum atomic E-state index is -0.139. The van der Waals surface area contributed by atoms with Crippen molar-refractivity contribution in [3.05, 3.63) is 23.4 Å². The molecular formula is C15H22N4O2. The van der Waals surface area contributed by atoms with Gasteiger partial charge in [0.15, 0.2) is 0 Å². The predicted molar refractivity (Wildman–Crippen MR) is 81.3 cm³/mol. The lowest BCUT2D eigenvalue weighted by Gasteiger charge is -2.08. The van der Waals surface area contributed by atoms with E-state index in [1.54, 1.807) is 19.2 Å². The van der Waals surface area contributed by atoms with Gasteiger partial charge in [-0.15, -0.1) is 0 Å².